The van der Waals surface area contributed by atoms with Gasteiger partial charge in [0.1, 0.15) is 11.6 Å². The average molecular weight is 456 g/mol. The summed E-state index contributed by atoms with van der Waals surface area (Å²) in [5, 5.41) is 10.1. The van der Waals surface area contributed by atoms with Gasteiger partial charge >= 0.3 is 0 Å². The van der Waals surface area contributed by atoms with Crippen LogP contribution >= 0.6 is 0 Å². The molecule has 1 fully saturated rings. The monoisotopic (exact) mass is 455 g/mol. The number of carbonyl (C=O) groups is 5. The second kappa shape index (κ2) is 10.8. The minimum atomic E-state index is -1.28. The van der Waals surface area contributed by atoms with Crippen LogP contribution in [-0.4, -0.2) is 65.7 Å². The summed E-state index contributed by atoms with van der Waals surface area (Å²) in [5.74, 6) is -2.55. The molecule has 2 atom stereocenters. The second-order valence-corrected chi connectivity index (χ2v) is 8.28. The molecule has 1 aromatic rings. The molecule has 1 saturated heterocycles. The number of amides is 5. The van der Waals surface area contributed by atoms with E-state index in [4.69, 9.17) is 0 Å². The highest BCUT2D eigenvalue weighted by Crippen LogP contribution is 2.26. The fourth-order valence-electron chi connectivity index (χ4n) is 3.80. The molecule has 0 radical (unpaired) electrons. The van der Waals surface area contributed by atoms with Gasteiger partial charge in [-0.25, -0.2) is 0 Å². The molecule has 4 N–H and O–H groups in total. The molecule has 176 valence electrons. The smallest absolute Gasteiger partial charge is 0.246 e. The third-order valence-electron chi connectivity index (χ3n) is 5.83. The first-order chi connectivity index (χ1) is 15.8. The van der Waals surface area contributed by atoms with Gasteiger partial charge in [-0.15, -0.1) is 0 Å². The van der Waals surface area contributed by atoms with E-state index in [-0.39, 0.29) is 32.6 Å². The third-order valence-corrected chi connectivity index (χ3v) is 5.83. The number of fused-ring (bicyclic) bond motifs is 3. The van der Waals surface area contributed by atoms with Gasteiger partial charge in [0, 0.05) is 6.54 Å². The van der Waals surface area contributed by atoms with E-state index in [2.05, 4.69) is 21.3 Å². The number of hydrogen-bond donors (Lipinski definition) is 4. The molecular weight excluding hydrogens is 426 g/mol. The summed E-state index contributed by atoms with van der Waals surface area (Å²) in [6.07, 6.45) is 4.79. The Hall–Kier alpha value is -3.69. The molecule has 1 aromatic carbocycles. The number of rotatable bonds is 2. The van der Waals surface area contributed by atoms with E-state index in [1.807, 2.05) is 42.5 Å². The first kappa shape index (κ1) is 24.0. The number of allylic oxidation sites excluding steroid dienone is 1. The molecule has 2 aliphatic rings. The maximum atomic E-state index is 13.5. The summed E-state index contributed by atoms with van der Waals surface area (Å²) in [4.78, 5) is 65.0. The molecule has 0 aromatic heterocycles. The molecule has 10 nitrogen and oxygen atoms in total. The quantitative estimate of drug-likeness (QED) is 0.440. The van der Waals surface area contributed by atoms with Gasteiger partial charge in [0.05, 0.1) is 19.6 Å². The topological polar surface area (TPSA) is 137 Å². The fraction of sp³-hybridized carbons (Fsp3) is 0.435. The number of benzene rings is 1. The summed E-state index contributed by atoms with van der Waals surface area (Å²) in [6, 6.07) is 8.33. The maximum absolute atomic E-state index is 13.5. The van der Waals surface area contributed by atoms with Crippen LogP contribution in [0.15, 0.2) is 42.5 Å². The average Bonchev–Trinajstić information content (AvgIpc) is 2.88. The van der Waals surface area contributed by atoms with Gasteiger partial charge in [-0.1, -0.05) is 42.5 Å². The number of hydrogen-bond acceptors (Lipinski definition) is 5. The Morgan fingerprint density at radius 3 is 2.30 bits per heavy atom. The van der Waals surface area contributed by atoms with Crippen LogP contribution in [-0.2, 0) is 30.5 Å². The van der Waals surface area contributed by atoms with Gasteiger partial charge in [-0.2, -0.15) is 0 Å². The zero-order valence-corrected chi connectivity index (χ0v) is 18.6. The van der Waals surface area contributed by atoms with E-state index in [0.29, 0.717) is 12.8 Å². The van der Waals surface area contributed by atoms with Gasteiger partial charge in [0.25, 0.3) is 0 Å². The minimum absolute atomic E-state index is 0.150. The van der Waals surface area contributed by atoms with Crippen molar-refractivity contribution in [1.29, 1.82) is 0 Å². The lowest BCUT2D eigenvalue weighted by Crippen LogP contribution is -2.62. The summed E-state index contributed by atoms with van der Waals surface area (Å²) >= 11 is 0. The predicted octanol–water partition coefficient (Wildman–Crippen LogP) is -0.639. The van der Waals surface area contributed by atoms with Gasteiger partial charge in [-0.3, -0.25) is 24.0 Å². The highest BCUT2D eigenvalue weighted by Gasteiger charge is 2.43. The molecular formula is C23H29N5O5. The van der Waals surface area contributed by atoms with Crippen LogP contribution in [0.2, 0.25) is 0 Å². The highest BCUT2D eigenvalue weighted by molar-refractivity contribution is 5.97. The molecule has 2 heterocycles. The van der Waals surface area contributed by atoms with Gasteiger partial charge in [0.15, 0.2) is 0 Å². The molecule has 5 amide bonds. The SMILES string of the molecule is C[C@@]12CC/C=C\C[C@H](NC1=O)C(=O)NCC(=O)NCC(=O)NCC(=O)N2Cc1ccccc1. The Balaban J connectivity index is 1.99. The molecule has 3 rings (SSSR count). The number of carbonyl (C=O) groups excluding carboxylic acids is 5. The minimum Gasteiger partial charge on any atom is -0.346 e. The fourth-order valence-corrected chi connectivity index (χ4v) is 3.80. The third kappa shape index (κ3) is 6.18. The van der Waals surface area contributed by atoms with Crippen LogP contribution in [0.3, 0.4) is 0 Å². The summed E-state index contributed by atoms with van der Waals surface area (Å²) < 4.78 is 0. The van der Waals surface area contributed by atoms with Crippen molar-refractivity contribution in [3.63, 3.8) is 0 Å². The van der Waals surface area contributed by atoms with Crippen LogP contribution in [0, 0.1) is 0 Å². The summed E-state index contributed by atoms with van der Waals surface area (Å²) in [7, 11) is 0. The molecule has 10 heteroatoms. The summed E-state index contributed by atoms with van der Waals surface area (Å²) in [6.45, 7) is 0.819. The van der Waals surface area contributed by atoms with Crippen molar-refractivity contribution in [2.45, 2.75) is 44.3 Å². The van der Waals surface area contributed by atoms with E-state index in [9.17, 15) is 24.0 Å². The zero-order chi connectivity index (χ0) is 23.8. The molecule has 0 spiro atoms. The van der Waals surface area contributed by atoms with Crippen molar-refractivity contribution >= 4 is 29.5 Å². The van der Waals surface area contributed by atoms with Crippen molar-refractivity contribution in [2.75, 3.05) is 19.6 Å². The van der Waals surface area contributed by atoms with Gasteiger partial charge in [-0.05, 0) is 31.7 Å². The normalized spacial score (nSPS) is 26.4. The number of nitrogens with zero attached hydrogens (tertiary/aromatic N) is 1. The first-order valence-electron chi connectivity index (χ1n) is 10.9. The van der Waals surface area contributed by atoms with Gasteiger partial charge in [0.2, 0.25) is 29.5 Å². The highest BCUT2D eigenvalue weighted by atomic mass is 16.2. The number of nitrogens with one attached hydrogen (secondary N) is 4. The van der Waals surface area contributed by atoms with E-state index < -0.39 is 41.1 Å². The van der Waals surface area contributed by atoms with Crippen molar-refractivity contribution in [2.24, 2.45) is 0 Å². The standard InChI is InChI=1S/C23H29N5O5/c1-23-11-7-3-6-10-17(27-22(23)33)21(32)26-13-19(30)24-12-18(29)25-14-20(31)28(23)15-16-8-4-2-5-9-16/h2-6,8-9,17H,7,10-15H2,1H3,(H,24,30)(H,25,29)(H,26,32)(H,27,33)/b6-3-/t17-,23+/m0/s1. The van der Waals surface area contributed by atoms with Crippen molar-refractivity contribution in [3.05, 3.63) is 48.0 Å². The Bertz CT molecular complexity index is 948. The van der Waals surface area contributed by atoms with E-state index in [1.165, 1.54) is 4.90 Å². The molecule has 0 unspecified atom stereocenters. The molecule has 33 heavy (non-hydrogen) atoms. The van der Waals surface area contributed by atoms with Crippen LogP contribution < -0.4 is 21.3 Å². The molecule has 2 aliphatic heterocycles. The van der Waals surface area contributed by atoms with Crippen LogP contribution in [0.1, 0.15) is 31.7 Å². The van der Waals surface area contributed by atoms with Crippen LogP contribution in [0.5, 0.6) is 0 Å². The lowest BCUT2D eigenvalue weighted by molar-refractivity contribution is -0.149. The second-order valence-electron chi connectivity index (χ2n) is 8.28. The Labute approximate surface area is 192 Å². The Morgan fingerprint density at radius 2 is 1.58 bits per heavy atom. The largest absolute Gasteiger partial charge is 0.346 e. The van der Waals surface area contributed by atoms with Crippen molar-refractivity contribution in [1.82, 2.24) is 26.2 Å². The van der Waals surface area contributed by atoms with Crippen molar-refractivity contribution in [3.8, 4) is 0 Å². The van der Waals surface area contributed by atoms with E-state index in [0.717, 1.165) is 5.56 Å². The van der Waals surface area contributed by atoms with E-state index >= 15 is 0 Å². The lowest BCUT2D eigenvalue weighted by atomic mass is 9.91. The van der Waals surface area contributed by atoms with Crippen molar-refractivity contribution < 1.29 is 24.0 Å². The van der Waals surface area contributed by atoms with Crippen LogP contribution in [0.4, 0.5) is 0 Å². The maximum Gasteiger partial charge on any atom is 0.246 e. The molecule has 2 bridgehead atoms. The van der Waals surface area contributed by atoms with E-state index in [1.54, 1.807) is 6.92 Å². The van der Waals surface area contributed by atoms with Gasteiger partial charge < -0.3 is 26.2 Å². The molecule has 0 aliphatic carbocycles. The predicted molar refractivity (Wildman–Crippen MR) is 119 cm³/mol. The Kier molecular flexibility index (Phi) is 7.81. The first-order valence-corrected chi connectivity index (χ1v) is 10.9. The summed E-state index contributed by atoms with van der Waals surface area (Å²) in [5.41, 5.74) is -0.458. The Morgan fingerprint density at radius 1 is 0.909 bits per heavy atom. The molecule has 0 saturated carbocycles. The lowest BCUT2D eigenvalue weighted by Gasteiger charge is -2.40. The van der Waals surface area contributed by atoms with Crippen LogP contribution in [0.25, 0.3) is 0 Å². The zero-order valence-electron chi connectivity index (χ0n) is 18.6.